The van der Waals surface area contributed by atoms with Gasteiger partial charge >= 0.3 is 0 Å². The average molecular weight is 131 g/mol. The van der Waals surface area contributed by atoms with Crippen molar-refractivity contribution in [3.05, 3.63) is 29.3 Å². The molecular weight excluding hydrogens is 126 g/mol. The van der Waals surface area contributed by atoms with Crippen LogP contribution in [0.5, 0.6) is 0 Å². The minimum absolute atomic E-state index is 0.831. The molecule has 2 nitrogen and oxygen atoms in total. The van der Waals surface area contributed by atoms with Crippen LogP contribution in [0.2, 0.25) is 0 Å². The molecule has 0 N–H and O–H groups in total. The molecule has 0 amide bonds. The summed E-state index contributed by atoms with van der Waals surface area (Å²) in [7, 11) is 0. The van der Waals surface area contributed by atoms with Crippen molar-refractivity contribution in [3.63, 3.8) is 0 Å². The summed E-state index contributed by atoms with van der Waals surface area (Å²) in [6.45, 7) is 0. The number of carbonyl (C=O) groups excluding carboxylic acids is 1. The van der Waals surface area contributed by atoms with Gasteiger partial charge in [-0.25, -0.2) is 4.79 Å². The molecule has 0 aliphatic heterocycles. The molecule has 0 saturated carbocycles. The Morgan fingerprint density at radius 3 is 2.60 bits per heavy atom. The smallest absolute Gasteiger partial charge is 0.211 e. The molecular formula is C8H5NO. The van der Waals surface area contributed by atoms with Gasteiger partial charge in [0.1, 0.15) is 0 Å². The second-order valence-electron chi connectivity index (χ2n) is 2.30. The highest BCUT2D eigenvalue weighted by Gasteiger charge is 2.17. The summed E-state index contributed by atoms with van der Waals surface area (Å²) in [6, 6.07) is 5.92. The van der Waals surface area contributed by atoms with Crippen molar-refractivity contribution in [2.75, 3.05) is 0 Å². The number of rotatable bonds is 1. The van der Waals surface area contributed by atoms with Crippen molar-refractivity contribution < 1.29 is 4.79 Å². The Bertz CT molecular complexity index is 304. The van der Waals surface area contributed by atoms with E-state index in [9.17, 15) is 4.79 Å². The van der Waals surface area contributed by atoms with Crippen molar-refractivity contribution in [1.29, 1.82) is 0 Å². The number of isocyanates is 1. The van der Waals surface area contributed by atoms with Crippen molar-refractivity contribution >= 4 is 11.8 Å². The minimum Gasteiger partial charge on any atom is -0.211 e. The predicted molar refractivity (Wildman–Crippen MR) is 37.0 cm³/mol. The Hall–Kier alpha value is -1.40. The third-order valence-electron chi connectivity index (χ3n) is 1.74. The summed E-state index contributed by atoms with van der Waals surface area (Å²) in [5.41, 5.74) is 3.14. The summed E-state index contributed by atoms with van der Waals surface area (Å²) in [5.74, 6) is 0. The number of hydrogen-bond acceptors (Lipinski definition) is 2. The van der Waals surface area contributed by atoms with Gasteiger partial charge in [-0.1, -0.05) is 18.2 Å². The van der Waals surface area contributed by atoms with E-state index >= 15 is 0 Å². The first-order valence-corrected chi connectivity index (χ1v) is 3.10. The number of para-hydroxylation sites is 1. The van der Waals surface area contributed by atoms with Gasteiger partial charge in [-0.05, 0) is 11.1 Å². The van der Waals surface area contributed by atoms with Crippen LogP contribution in [0.1, 0.15) is 11.1 Å². The Morgan fingerprint density at radius 1 is 1.40 bits per heavy atom. The highest BCUT2D eigenvalue weighted by atomic mass is 16.1. The fraction of sp³-hybridized carbons (Fsp3) is 0.125. The van der Waals surface area contributed by atoms with Crippen LogP contribution in [0.15, 0.2) is 23.2 Å². The first kappa shape index (κ1) is 5.39. The van der Waals surface area contributed by atoms with E-state index in [-0.39, 0.29) is 0 Å². The zero-order valence-electron chi connectivity index (χ0n) is 5.29. The summed E-state index contributed by atoms with van der Waals surface area (Å²) in [6.07, 6.45) is 2.51. The second-order valence-corrected chi connectivity index (χ2v) is 2.30. The normalized spacial score (nSPS) is 11.6. The predicted octanol–water partition coefficient (Wildman–Crippen LogP) is 1.56. The number of nitrogens with zero attached hydrogens (tertiary/aromatic N) is 1. The lowest BCUT2D eigenvalue weighted by molar-refractivity contribution is 0.565. The summed E-state index contributed by atoms with van der Waals surface area (Å²) in [4.78, 5) is 13.4. The van der Waals surface area contributed by atoms with Crippen LogP contribution in [-0.4, -0.2) is 6.08 Å². The molecule has 0 aromatic heterocycles. The molecule has 0 saturated heterocycles. The van der Waals surface area contributed by atoms with Crippen LogP contribution in [0.3, 0.4) is 0 Å². The molecule has 0 spiro atoms. The van der Waals surface area contributed by atoms with Gasteiger partial charge in [0.2, 0.25) is 6.08 Å². The van der Waals surface area contributed by atoms with Crippen LogP contribution in [-0.2, 0) is 11.2 Å². The molecule has 0 heterocycles. The zero-order chi connectivity index (χ0) is 6.97. The monoisotopic (exact) mass is 131 g/mol. The largest absolute Gasteiger partial charge is 0.240 e. The Labute approximate surface area is 58.2 Å². The van der Waals surface area contributed by atoms with Crippen LogP contribution < -0.4 is 0 Å². The summed E-state index contributed by atoms with van der Waals surface area (Å²) < 4.78 is 0. The van der Waals surface area contributed by atoms with Crippen molar-refractivity contribution in [2.24, 2.45) is 4.99 Å². The van der Waals surface area contributed by atoms with Gasteiger partial charge in [0.25, 0.3) is 0 Å². The van der Waals surface area contributed by atoms with Crippen molar-refractivity contribution in [2.45, 2.75) is 6.42 Å². The molecule has 3 rings (SSSR count). The van der Waals surface area contributed by atoms with Gasteiger partial charge in [0.05, 0.1) is 5.69 Å². The molecule has 0 atom stereocenters. The average Bonchev–Trinajstić information content (AvgIpc) is 2.01. The maximum atomic E-state index is 9.86. The van der Waals surface area contributed by atoms with Crippen LogP contribution in [0, 0.1) is 0 Å². The fourth-order valence-electron chi connectivity index (χ4n) is 1.22. The van der Waals surface area contributed by atoms with Crippen molar-refractivity contribution in [1.82, 2.24) is 0 Å². The van der Waals surface area contributed by atoms with E-state index in [1.807, 2.05) is 18.2 Å². The maximum Gasteiger partial charge on any atom is 0.240 e. The van der Waals surface area contributed by atoms with Crippen molar-refractivity contribution in [3.8, 4) is 0 Å². The van der Waals surface area contributed by atoms with E-state index in [2.05, 4.69) is 4.99 Å². The topological polar surface area (TPSA) is 29.4 Å². The minimum atomic E-state index is 0.831. The molecule has 2 aliphatic rings. The van der Waals surface area contributed by atoms with Crippen LogP contribution >= 0.6 is 0 Å². The van der Waals surface area contributed by atoms with E-state index in [4.69, 9.17) is 0 Å². The molecule has 10 heavy (non-hydrogen) atoms. The molecule has 1 aromatic carbocycles. The van der Waals surface area contributed by atoms with E-state index in [0.29, 0.717) is 0 Å². The quantitative estimate of drug-likeness (QED) is 0.426. The summed E-state index contributed by atoms with van der Waals surface area (Å²) >= 11 is 0. The van der Waals surface area contributed by atoms with E-state index in [1.165, 1.54) is 0 Å². The van der Waals surface area contributed by atoms with Gasteiger partial charge in [0, 0.05) is 6.42 Å². The van der Waals surface area contributed by atoms with Crippen LogP contribution in [0.4, 0.5) is 5.69 Å². The standard InChI is InChI=1S/C8H5NO/c10-5-9-8-6-2-1-3-7(8)4-6/h1-3H,4H2. The Kier molecular flexibility index (Phi) is 0.965. The van der Waals surface area contributed by atoms with Gasteiger partial charge < -0.3 is 0 Å². The van der Waals surface area contributed by atoms with E-state index in [1.54, 1.807) is 6.08 Å². The fourth-order valence-corrected chi connectivity index (χ4v) is 1.22. The van der Waals surface area contributed by atoms with Crippen LogP contribution in [0.25, 0.3) is 0 Å². The third kappa shape index (κ3) is 0.539. The van der Waals surface area contributed by atoms with Gasteiger partial charge in [-0.2, -0.15) is 4.99 Å². The molecule has 2 heteroatoms. The van der Waals surface area contributed by atoms with E-state index in [0.717, 1.165) is 23.2 Å². The lowest BCUT2D eigenvalue weighted by Gasteiger charge is -2.17. The SMILES string of the molecule is O=C=Nc1c2cccc1C2. The first-order valence-electron chi connectivity index (χ1n) is 3.10. The third-order valence-corrected chi connectivity index (χ3v) is 1.74. The number of hydrogen-bond donors (Lipinski definition) is 0. The van der Waals surface area contributed by atoms with Gasteiger partial charge in [0.15, 0.2) is 0 Å². The first-order chi connectivity index (χ1) is 4.92. The Morgan fingerprint density at radius 2 is 2.10 bits per heavy atom. The molecule has 0 radical (unpaired) electrons. The molecule has 1 aromatic rings. The zero-order valence-corrected chi connectivity index (χ0v) is 5.29. The molecule has 0 unspecified atom stereocenters. The van der Waals surface area contributed by atoms with E-state index < -0.39 is 0 Å². The molecule has 0 fully saturated rings. The summed E-state index contributed by atoms with van der Waals surface area (Å²) in [5, 5.41) is 0. The maximum absolute atomic E-state index is 9.86. The number of fused-ring (bicyclic) bond motifs is 2. The molecule has 2 aliphatic carbocycles. The number of benzene rings is 1. The van der Waals surface area contributed by atoms with Gasteiger partial charge in [-0.15, -0.1) is 0 Å². The number of aliphatic imine (C=N–C) groups is 1. The van der Waals surface area contributed by atoms with Gasteiger partial charge in [-0.3, -0.25) is 0 Å². The lowest BCUT2D eigenvalue weighted by Crippen LogP contribution is -2.01. The Balaban J connectivity index is 2.59. The second kappa shape index (κ2) is 1.79. The highest BCUT2D eigenvalue weighted by Crippen LogP contribution is 2.36. The molecule has 2 bridgehead atoms. The molecule has 48 valence electrons. The lowest BCUT2D eigenvalue weighted by atomic mass is 9.90. The highest BCUT2D eigenvalue weighted by molar-refractivity contribution is 5.67.